The molecule has 0 rings (SSSR count). The quantitative estimate of drug-likeness (QED) is 0.261. The average Bonchev–Trinajstić information content (AvgIpc) is 2.38. The summed E-state index contributed by atoms with van der Waals surface area (Å²) < 4.78 is 1.14. The molecule has 20 heavy (non-hydrogen) atoms. The molecule has 0 unspecified atom stereocenters. The number of unbranched alkanes of at least 4 members (excludes halogenated alkanes) is 9. The van der Waals surface area contributed by atoms with Gasteiger partial charge in [-0.3, -0.25) is 0 Å². The smallest absolute Gasteiger partial charge is 0.0794 e. The van der Waals surface area contributed by atoms with Crippen LogP contribution in [0.25, 0.3) is 0 Å². The van der Waals surface area contributed by atoms with Crippen LogP contribution in [0.3, 0.4) is 0 Å². The SMILES string of the molecule is CCCCCCCCCCCC[N+](C)(C)CCCCl.[Cl-]. The van der Waals surface area contributed by atoms with Crippen LogP contribution in [0.4, 0.5) is 0 Å². The van der Waals surface area contributed by atoms with Crippen LogP contribution in [0.15, 0.2) is 0 Å². The summed E-state index contributed by atoms with van der Waals surface area (Å²) >= 11 is 5.76. The van der Waals surface area contributed by atoms with Crippen LogP contribution in [-0.2, 0) is 0 Å². The van der Waals surface area contributed by atoms with Crippen LogP contribution >= 0.6 is 11.6 Å². The molecular weight excluding hydrogens is 289 g/mol. The van der Waals surface area contributed by atoms with Crippen molar-refractivity contribution in [2.75, 3.05) is 33.1 Å². The van der Waals surface area contributed by atoms with E-state index < -0.39 is 0 Å². The Morgan fingerprint density at radius 1 is 0.650 bits per heavy atom. The van der Waals surface area contributed by atoms with E-state index in [1.54, 1.807) is 0 Å². The first-order valence-corrected chi connectivity index (χ1v) is 9.04. The molecule has 1 nitrogen and oxygen atoms in total. The summed E-state index contributed by atoms with van der Waals surface area (Å²) in [6, 6.07) is 0. The Kier molecular flexibility index (Phi) is 18.2. The second-order valence-electron chi connectivity index (χ2n) is 6.61. The standard InChI is InChI=1S/C17H37ClN.ClH/c1-4-5-6-7-8-9-10-11-12-13-16-19(2,3)17-14-15-18;/h4-17H2,1-3H3;1H/q+1;/p-1. The molecule has 124 valence electrons. The molecule has 0 aromatic carbocycles. The predicted octanol–water partition coefficient (Wildman–Crippen LogP) is 2.62. The lowest BCUT2D eigenvalue weighted by Gasteiger charge is -2.29. The van der Waals surface area contributed by atoms with E-state index >= 15 is 0 Å². The molecule has 0 N–H and O–H groups in total. The van der Waals surface area contributed by atoms with Gasteiger partial charge in [0.05, 0.1) is 27.2 Å². The van der Waals surface area contributed by atoms with Gasteiger partial charge in [0.1, 0.15) is 0 Å². The Morgan fingerprint density at radius 2 is 1.05 bits per heavy atom. The van der Waals surface area contributed by atoms with E-state index in [0.717, 1.165) is 16.8 Å². The van der Waals surface area contributed by atoms with E-state index in [4.69, 9.17) is 11.6 Å². The Hall–Kier alpha value is 0.540. The molecule has 0 atom stereocenters. The molecule has 0 amide bonds. The maximum Gasteiger partial charge on any atom is 0.0794 e. The Balaban J connectivity index is 0. The first-order valence-electron chi connectivity index (χ1n) is 8.50. The molecule has 0 fully saturated rings. The number of quaternary nitrogens is 1. The fourth-order valence-corrected chi connectivity index (χ4v) is 2.75. The van der Waals surface area contributed by atoms with Crippen molar-refractivity contribution in [3.8, 4) is 0 Å². The van der Waals surface area contributed by atoms with Crippen LogP contribution in [0.5, 0.6) is 0 Å². The van der Waals surface area contributed by atoms with Crippen molar-refractivity contribution in [3.63, 3.8) is 0 Å². The third kappa shape index (κ3) is 16.6. The fourth-order valence-electron chi connectivity index (χ4n) is 2.63. The molecule has 0 radical (unpaired) electrons. The van der Waals surface area contributed by atoms with Gasteiger partial charge in [-0.25, -0.2) is 0 Å². The number of rotatable bonds is 14. The summed E-state index contributed by atoms with van der Waals surface area (Å²) in [5.74, 6) is 0.805. The van der Waals surface area contributed by atoms with Gasteiger partial charge in [-0.15, -0.1) is 11.6 Å². The monoisotopic (exact) mass is 325 g/mol. The average molecular weight is 326 g/mol. The van der Waals surface area contributed by atoms with Gasteiger partial charge in [-0.05, 0) is 12.8 Å². The number of halogens is 2. The fraction of sp³-hybridized carbons (Fsp3) is 1.00. The third-order valence-corrected chi connectivity index (χ3v) is 4.28. The maximum atomic E-state index is 5.76. The van der Waals surface area contributed by atoms with E-state index in [1.807, 2.05) is 0 Å². The molecule has 0 bridgehead atoms. The first kappa shape index (κ1) is 22.8. The molecular formula is C17H37Cl2N. The number of hydrogen-bond donors (Lipinski definition) is 0. The van der Waals surface area contributed by atoms with Gasteiger partial charge in [-0.1, -0.05) is 58.3 Å². The van der Waals surface area contributed by atoms with E-state index in [0.29, 0.717) is 0 Å². The maximum absolute atomic E-state index is 5.76. The first-order chi connectivity index (χ1) is 9.12. The third-order valence-electron chi connectivity index (χ3n) is 4.01. The topological polar surface area (TPSA) is 0 Å². The molecule has 0 saturated carbocycles. The highest BCUT2D eigenvalue weighted by Crippen LogP contribution is 2.11. The van der Waals surface area contributed by atoms with Crippen LogP contribution in [0, 0.1) is 0 Å². The lowest BCUT2D eigenvalue weighted by Crippen LogP contribution is -3.00. The second kappa shape index (κ2) is 15.9. The number of hydrogen-bond acceptors (Lipinski definition) is 0. The Bertz CT molecular complexity index is 184. The van der Waals surface area contributed by atoms with Gasteiger partial charge in [0.25, 0.3) is 0 Å². The molecule has 0 saturated heterocycles. The number of alkyl halides is 1. The number of nitrogens with zero attached hydrogens (tertiary/aromatic N) is 1. The molecule has 0 aliphatic rings. The van der Waals surface area contributed by atoms with Crippen molar-refractivity contribution in [1.29, 1.82) is 0 Å². The molecule has 0 heterocycles. The van der Waals surface area contributed by atoms with Gasteiger partial charge in [0.2, 0.25) is 0 Å². The largest absolute Gasteiger partial charge is 1.00 e. The minimum atomic E-state index is 0. The van der Waals surface area contributed by atoms with Gasteiger partial charge in [0, 0.05) is 12.3 Å². The lowest BCUT2D eigenvalue weighted by atomic mass is 10.1. The van der Waals surface area contributed by atoms with E-state index in [1.165, 1.54) is 77.3 Å². The Morgan fingerprint density at radius 3 is 1.50 bits per heavy atom. The van der Waals surface area contributed by atoms with Crippen molar-refractivity contribution in [2.45, 2.75) is 77.6 Å². The zero-order chi connectivity index (χ0) is 14.4. The molecule has 0 aliphatic heterocycles. The van der Waals surface area contributed by atoms with Gasteiger partial charge < -0.3 is 16.9 Å². The van der Waals surface area contributed by atoms with Gasteiger partial charge in [0.15, 0.2) is 0 Å². The van der Waals surface area contributed by atoms with Crippen molar-refractivity contribution >= 4 is 11.6 Å². The van der Waals surface area contributed by atoms with Crippen LogP contribution in [0.1, 0.15) is 77.6 Å². The molecule has 3 heteroatoms. The minimum Gasteiger partial charge on any atom is -1.00 e. The van der Waals surface area contributed by atoms with Crippen LogP contribution in [-0.4, -0.2) is 37.5 Å². The normalized spacial score (nSPS) is 11.4. The minimum absolute atomic E-state index is 0. The van der Waals surface area contributed by atoms with Crippen molar-refractivity contribution in [2.24, 2.45) is 0 Å². The molecule has 0 aromatic heterocycles. The highest BCUT2D eigenvalue weighted by Gasteiger charge is 2.12. The summed E-state index contributed by atoms with van der Waals surface area (Å²) in [6.07, 6.45) is 15.4. The van der Waals surface area contributed by atoms with Gasteiger partial charge >= 0.3 is 0 Å². The van der Waals surface area contributed by atoms with Crippen LogP contribution in [0.2, 0.25) is 0 Å². The summed E-state index contributed by atoms with van der Waals surface area (Å²) in [5, 5.41) is 0. The summed E-state index contributed by atoms with van der Waals surface area (Å²) in [4.78, 5) is 0. The second-order valence-corrected chi connectivity index (χ2v) is 6.99. The molecule has 0 aromatic rings. The van der Waals surface area contributed by atoms with Gasteiger partial charge in [-0.2, -0.15) is 0 Å². The molecule has 0 spiro atoms. The zero-order valence-corrected chi connectivity index (χ0v) is 15.6. The lowest BCUT2D eigenvalue weighted by molar-refractivity contribution is -0.890. The highest BCUT2D eigenvalue weighted by molar-refractivity contribution is 6.17. The van der Waals surface area contributed by atoms with E-state index in [2.05, 4.69) is 21.0 Å². The summed E-state index contributed by atoms with van der Waals surface area (Å²) in [7, 11) is 4.67. The summed E-state index contributed by atoms with van der Waals surface area (Å²) in [6.45, 7) is 4.82. The van der Waals surface area contributed by atoms with Crippen molar-refractivity contribution < 1.29 is 16.9 Å². The van der Waals surface area contributed by atoms with Crippen molar-refractivity contribution in [1.82, 2.24) is 0 Å². The van der Waals surface area contributed by atoms with E-state index in [-0.39, 0.29) is 12.4 Å². The summed E-state index contributed by atoms with van der Waals surface area (Å²) in [5.41, 5.74) is 0. The highest BCUT2D eigenvalue weighted by atomic mass is 35.5. The predicted molar refractivity (Wildman–Crippen MR) is 89.0 cm³/mol. The molecule has 0 aliphatic carbocycles. The van der Waals surface area contributed by atoms with Crippen LogP contribution < -0.4 is 12.4 Å². The van der Waals surface area contributed by atoms with E-state index in [9.17, 15) is 0 Å². The Labute approximate surface area is 139 Å². The van der Waals surface area contributed by atoms with Crippen molar-refractivity contribution in [3.05, 3.63) is 0 Å². The zero-order valence-electron chi connectivity index (χ0n) is 14.1.